The topological polar surface area (TPSA) is 46.5 Å². The van der Waals surface area contributed by atoms with Gasteiger partial charge in [-0.05, 0) is 30.4 Å². The van der Waals surface area contributed by atoms with E-state index in [0.717, 1.165) is 0 Å². The Morgan fingerprint density at radius 1 is 1.67 bits per heavy atom. The Labute approximate surface area is 92.7 Å². The van der Waals surface area contributed by atoms with Crippen molar-refractivity contribution in [2.75, 3.05) is 13.2 Å². The van der Waals surface area contributed by atoms with Crippen molar-refractivity contribution in [3.63, 3.8) is 0 Å². The van der Waals surface area contributed by atoms with Crippen LogP contribution in [0.1, 0.15) is 23.3 Å². The summed E-state index contributed by atoms with van der Waals surface area (Å²) in [5, 5.41) is 10.8. The third-order valence-corrected chi connectivity index (χ3v) is 4.18. The molecule has 0 saturated carbocycles. The third kappa shape index (κ3) is 1.92. The number of aliphatic carboxylic acids is 1. The summed E-state index contributed by atoms with van der Waals surface area (Å²) in [5.74, 6) is -0.726. The zero-order valence-electron chi connectivity index (χ0n) is 8.66. The molecule has 1 aromatic rings. The van der Waals surface area contributed by atoms with Crippen molar-refractivity contribution >= 4 is 17.3 Å². The maximum absolute atomic E-state index is 10.6. The first-order valence-electron chi connectivity index (χ1n) is 4.98. The highest BCUT2D eigenvalue weighted by Crippen LogP contribution is 2.41. The standard InChI is InChI=1S/C11H14O3S/c1-8-3-5-15-10(8)11(6-14-7-11)4-2-9(12)13/h3,5H,2,4,6-7H2,1H3,(H,12,13). The second-order valence-corrected chi connectivity index (χ2v) is 5.02. The monoisotopic (exact) mass is 226 g/mol. The van der Waals surface area contributed by atoms with Crippen LogP contribution < -0.4 is 0 Å². The molecule has 3 nitrogen and oxygen atoms in total. The Bertz CT molecular complexity index is 366. The van der Waals surface area contributed by atoms with E-state index in [1.54, 1.807) is 11.3 Å². The number of hydrogen-bond donors (Lipinski definition) is 1. The van der Waals surface area contributed by atoms with Gasteiger partial charge in [0.1, 0.15) is 0 Å². The van der Waals surface area contributed by atoms with Gasteiger partial charge in [-0.3, -0.25) is 4.79 Å². The van der Waals surface area contributed by atoms with Crippen molar-refractivity contribution in [1.82, 2.24) is 0 Å². The number of ether oxygens (including phenoxy) is 1. The molecule has 0 radical (unpaired) electrons. The molecule has 1 aliphatic heterocycles. The minimum atomic E-state index is -0.726. The molecule has 1 aromatic heterocycles. The Morgan fingerprint density at radius 2 is 2.40 bits per heavy atom. The first-order valence-corrected chi connectivity index (χ1v) is 5.86. The predicted octanol–water partition coefficient (Wildman–Crippen LogP) is 2.19. The van der Waals surface area contributed by atoms with Crippen LogP contribution in [0, 0.1) is 6.92 Å². The molecule has 82 valence electrons. The van der Waals surface area contributed by atoms with Crippen molar-refractivity contribution in [2.45, 2.75) is 25.2 Å². The van der Waals surface area contributed by atoms with Gasteiger partial charge in [-0.25, -0.2) is 0 Å². The van der Waals surface area contributed by atoms with Crippen LogP contribution in [-0.4, -0.2) is 24.3 Å². The number of hydrogen-bond acceptors (Lipinski definition) is 3. The third-order valence-electron chi connectivity index (χ3n) is 2.92. The predicted molar refractivity (Wildman–Crippen MR) is 58.4 cm³/mol. The zero-order valence-corrected chi connectivity index (χ0v) is 9.47. The molecular formula is C11H14O3S. The van der Waals surface area contributed by atoms with E-state index in [0.29, 0.717) is 19.6 Å². The van der Waals surface area contributed by atoms with E-state index in [-0.39, 0.29) is 11.8 Å². The van der Waals surface area contributed by atoms with Gasteiger partial charge in [0.2, 0.25) is 0 Å². The average Bonchev–Trinajstić information content (AvgIpc) is 2.50. The molecular weight excluding hydrogens is 212 g/mol. The SMILES string of the molecule is Cc1ccsc1C1(CCC(=O)O)COC1. The smallest absolute Gasteiger partial charge is 0.303 e. The molecule has 4 heteroatoms. The number of carbonyl (C=O) groups is 1. The molecule has 0 spiro atoms. The molecule has 0 aromatic carbocycles. The Kier molecular flexibility index (Phi) is 2.80. The lowest BCUT2D eigenvalue weighted by Crippen LogP contribution is -2.46. The lowest BCUT2D eigenvalue weighted by atomic mass is 9.78. The van der Waals surface area contributed by atoms with Crippen LogP contribution in [0.4, 0.5) is 0 Å². The molecule has 0 bridgehead atoms. The molecule has 1 N–H and O–H groups in total. The van der Waals surface area contributed by atoms with Gasteiger partial charge >= 0.3 is 5.97 Å². The maximum Gasteiger partial charge on any atom is 0.303 e. The number of rotatable bonds is 4. The van der Waals surface area contributed by atoms with E-state index in [1.165, 1.54) is 10.4 Å². The van der Waals surface area contributed by atoms with E-state index in [9.17, 15) is 4.79 Å². The van der Waals surface area contributed by atoms with E-state index in [1.807, 2.05) is 0 Å². The highest BCUT2D eigenvalue weighted by molar-refractivity contribution is 7.10. The minimum Gasteiger partial charge on any atom is -0.481 e. The van der Waals surface area contributed by atoms with Crippen molar-refractivity contribution < 1.29 is 14.6 Å². The fourth-order valence-corrected chi connectivity index (χ4v) is 3.13. The largest absolute Gasteiger partial charge is 0.481 e. The van der Waals surface area contributed by atoms with Gasteiger partial charge in [0.05, 0.1) is 18.6 Å². The molecule has 0 atom stereocenters. The molecule has 0 unspecified atom stereocenters. The van der Waals surface area contributed by atoms with Crippen molar-refractivity contribution in [3.8, 4) is 0 Å². The van der Waals surface area contributed by atoms with Crippen LogP contribution in [0.5, 0.6) is 0 Å². The maximum atomic E-state index is 10.6. The first-order chi connectivity index (χ1) is 7.14. The van der Waals surface area contributed by atoms with Crippen LogP contribution in [-0.2, 0) is 14.9 Å². The number of carboxylic acid groups (broad SMARTS) is 1. The molecule has 2 heterocycles. The van der Waals surface area contributed by atoms with E-state index in [2.05, 4.69) is 18.4 Å². The fourth-order valence-electron chi connectivity index (χ4n) is 2.00. The lowest BCUT2D eigenvalue weighted by Gasteiger charge is -2.41. The van der Waals surface area contributed by atoms with Gasteiger partial charge in [-0.15, -0.1) is 11.3 Å². The molecule has 1 fully saturated rings. The highest BCUT2D eigenvalue weighted by atomic mass is 32.1. The van der Waals surface area contributed by atoms with Gasteiger partial charge in [0.15, 0.2) is 0 Å². The van der Waals surface area contributed by atoms with Gasteiger partial charge < -0.3 is 9.84 Å². The Hall–Kier alpha value is -0.870. The van der Waals surface area contributed by atoms with E-state index in [4.69, 9.17) is 9.84 Å². The zero-order chi connectivity index (χ0) is 10.9. The quantitative estimate of drug-likeness (QED) is 0.856. The number of thiophene rings is 1. The van der Waals surface area contributed by atoms with Crippen LogP contribution in [0.2, 0.25) is 0 Å². The fraction of sp³-hybridized carbons (Fsp3) is 0.545. The summed E-state index contributed by atoms with van der Waals surface area (Å²) in [7, 11) is 0. The van der Waals surface area contributed by atoms with E-state index >= 15 is 0 Å². The Morgan fingerprint density at radius 3 is 2.80 bits per heavy atom. The van der Waals surface area contributed by atoms with Crippen molar-refractivity contribution in [1.29, 1.82) is 0 Å². The van der Waals surface area contributed by atoms with Crippen LogP contribution in [0.25, 0.3) is 0 Å². The average molecular weight is 226 g/mol. The summed E-state index contributed by atoms with van der Waals surface area (Å²) in [5.41, 5.74) is 1.24. The Balaban J connectivity index is 2.15. The molecule has 0 amide bonds. The van der Waals surface area contributed by atoms with Crippen LogP contribution in [0.3, 0.4) is 0 Å². The van der Waals surface area contributed by atoms with Gasteiger partial charge in [-0.2, -0.15) is 0 Å². The molecule has 0 aliphatic carbocycles. The summed E-state index contributed by atoms with van der Waals surface area (Å²) >= 11 is 1.71. The summed E-state index contributed by atoms with van der Waals surface area (Å²) in [6, 6.07) is 2.08. The normalized spacial score (nSPS) is 18.5. The van der Waals surface area contributed by atoms with Crippen molar-refractivity contribution in [3.05, 3.63) is 21.9 Å². The highest BCUT2D eigenvalue weighted by Gasteiger charge is 2.42. The van der Waals surface area contributed by atoms with Gasteiger partial charge in [0, 0.05) is 11.3 Å². The lowest BCUT2D eigenvalue weighted by molar-refractivity contribution is -0.139. The van der Waals surface area contributed by atoms with Crippen LogP contribution >= 0.6 is 11.3 Å². The van der Waals surface area contributed by atoms with Gasteiger partial charge in [0.25, 0.3) is 0 Å². The van der Waals surface area contributed by atoms with E-state index < -0.39 is 5.97 Å². The van der Waals surface area contributed by atoms with Crippen molar-refractivity contribution in [2.24, 2.45) is 0 Å². The number of carboxylic acids is 1. The van der Waals surface area contributed by atoms with Crippen LogP contribution in [0.15, 0.2) is 11.4 Å². The summed E-state index contributed by atoms with van der Waals surface area (Å²) in [4.78, 5) is 11.9. The number of aryl methyl sites for hydroxylation is 1. The second-order valence-electron chi connectivity index (χ2n) is 4.10. The first kappa shape index (κ1) is 10.6. The molecule has 1 saturated heterocycles. The second kappa shape index (κ2) is 3.94. The summed E-state index contributed by atoms with van der Waals surface area (Å²) < 4.78 is 5.26. The molecule has 15 heavy (non-hydrogen) atoms. The minimum absolute atomic E-state index is 0.0172. The summed E-state index contributed by atoms with van der Waals surface area (Å²) in [6.07, 6.45) is 0.907. The molecule has 1 aliphatic rings. The summed E-state index contributed by atoms with van der Waals surface area (Å²) in [6.45, 7) is 3.41. The molecule has 2 rings (SSSR count). The van der Waals surface area contributed by atoms with Gasteiger partial charge in [-0.1, -0.05) is 0 Å².